The summed E-state index contributed by atoms with van der Waals surface area (Å²) in [6.45, 7) is 35.2. The van der Waals surface area contributed by atoms with Crippen molar-refractivity contribution in [2.45, 2.75) is 98.2 Å². The van der Waals surface area contributed by atoms with Gasteiger partial charge in [-0.25, -0.2) is 0 Å². The van der Waals surface area contributed by atoms with E-state index in [1.807, 2.05) is 30.7 Å². The zero-order valence-electron chi connectivity index (χ0n) is 64.8. The van der Waals surface area contributed by atoms with E-state index in [4.69, 9.17) is 19.9 Å². The molecule has 0 saturated heterocycles. The minimum absolute atomic E-state index is 0. The largest absolute Gasteiger partial charge is 2.00 e. The van der Waals surface area contributed by atoms with Crippen LogP contribution in [0, 0.1) is 12.1 Å². The average Bonchev–Trinajstić information content (AvgIpc) is 0.791. The molecular weight excluding hydrogens is 1640 g/mol. The van der Waals surface area contributed by atoms with Crippen LogP contribution in [0.2, 0.25) is 98.2 Å². The number of halogens is 1. The second-order valence-corrected chi connectivity index (χ2v) is 58.7. The molecule has 5 aromatic heterocycles. The Kier molecular flexibility index (Phi) is 25.4. The summed E-state index contributed by atoms with van der Waals surface area (Å²) < 4.78 is 1.09. The molecule has 0 aliphatic carbocycles. The molecule has 14 aromatic rings. The number of rotatable bonds is 18. The first-order valence-electron chi connectivity index (χ1n) is 36.9. The molecule has 0 bridgehead atoms. The van der Waals surface area contributed by atoms with Gasteiger partial charge < -0.3 is 19.8 Å². The van der Waals surface area contributed by atoms with E-state index < -0.39 is 40.4 Å². The maximum Gasteiger partial charge on any atom is 2.00 e. The summed E-state index contributed by atoms with van der Waals surface area (Å²) in [5.74, 6) is 0. The van der Waals surface area contributed by atoms with Gasteiger partial charge in [0.05, 0.1) is 57.5 Å². The van der Waals surface area contributed by atoms with Gasteiger partial charge >= 0.3 is 21.1 Å². The number of nitrogens with zero attached hydrogens (tertiary/aromatic N) is 7. The normalized spacial score (nSPS) is 11.6. The van der Waals surface area contributed by atoms with Crippen LogP contribution in [0.5, 0.6) is 0 Å². The van der Waals surface area contributed by atoms with E-state index in [9.17, 15) is 0 Å². The third kappa shape index (κ3) is 20.3. The van der Waals surface area contributed by atoms with Crippen molar-refractivity contribution in [2.24, 2.45) is 0 Å². The number of aromatic nitrogens is 5. The minimum Gasteiger partial charge on any atom is -0.346 e. The molecule has 544 valence electrons. The molecule has 14 heteroatoms. The van der Waals surface area contributed by atoms with Gasteiger partial charge in [0.25, 0.3) is 0 Å². The molecular formula is C94H96BrN7PtSi5. The van der Waals surface area contributed by atoms with Crippen LogP contribution in [0.1, 0.15) is 0 Å². The predicted molar refractivity (Wildman–Crippen MR) is 476 cm³/mol. The summed E-state index contributed by atoms with van der Waals surface area (Å²) in [4.78, 5) is 28.7. The summed E-state index contributed by atoms with van der Waals surface area (Å²) in [5.41, 5.74) is 20.9. The molecule has 0 saturated carbocycles. The predicted octanol–water partition coefficient (Wildman–Crippen LogP) is 23.7. The SMILES string of the molecule is C[Si](C)(C)c1ccc(-c2[c-]c(N(c3[c-]c(-c4ccc([Si](C)(C)C)cn4)ccc3)c3cccc(-c4ccccc4)c3)ccc2)nc1.C[Si](C)(C)c1ccc(-c2cccc(Br)c2)nc1.C[Si](C)(C)c1ccc(-c2cccc(N(c3cccc(-c4ccccc4)c3)c3cccc(-c4ccc([Si](C)(C)C)cn4)c3)c2)nc1.[Pt+2]. The third-order valence-electron chi connectivity index (χ3n) is 19.1. The van der Waals surface area contributed by atoms with Crippen molar-refractivity contribution in [3.05, 3.63) is 327 Å². The summed E-state index contributed by atoms with van der Waals surface area (Å²) in [7, 11) is -6.98. The van der Waals surface area contributed by atoms with Gasteiger partial charge in [-0.1, -0.05) is 278 Å². The Morgan fingerprint density at radius 2 is 0.500 bits per heavy atom. The van der Waals surface area contributed by atoms with Gasteiger partial charge in [0.1, 0.15) is 0 Å². The molecule has 5 heterocycles. The molecule has 9 aromatic carbocycles. The van der Waals surface area contributed by atoms with E-state index in [1.54, 1.807) is 0 Å². The van der Waals surface area contributed by atoms with Crippen molar-refractivity contribution in [3.63, 3.8) is 0 Å². The van der Waals surface area contributed by atoms with Crippen LogP contribution in [-0.2, 0) is 21.1 Å². The van der Waals surface area contributed by atoms with E-state index in [-0.39, 0.29) is 21.1 Å². The van der Waals surface area contributed by atoms with Crippen LogP contribution < -0.4 is 35.7 Å². The van der Waals surface area contributed by atoms with Crippen LogP contribution in [0.4, 0.5) is 34.1 Å². The molecule has 108 heavy (non-hydrogen) atoms. The molecule has 0 aliphatic heterocycles. The zero-order chi connectivity index (χ0) is 75.7. The van der Waals surface area contributed by atoms with Crippen molar-refractivity contribution in [1.82, 2.24) is 24.9 Å². The fraction of sp³-hybridized carbons (Fsp3) is 0.160. The second kappa shape index (κ2) is 34.4. The Hall–Kier alpha value is -9.42. The maximum absolute atomic E-state index is 4.90. The first-order chi connectivity index (χ1) is 51.1. The van der Waals surface area contributed by atoms with Crippen molar-refractivity contribution < 1.29 is 21.1 Å². The van der Waals surface area contributed by atoms with E-state index in [0.717, 1.165) is 100 Å². The Bertz CT molecular complexity index is 4820. The Labute approximate surface area is 669 Å². The number of anilines is 6. The Morgan fingerprint density at radius 1 is 0.241 bits per heavy atom. The number of hydrogen-bond acceptors (Lipinski definition) is 7. The van der Waals surface area contributed by atoms with Gasteiger partial charge in [0, 0.05) is 74.9 Å². The smallest absolute Gasteiger partial charge is 0.346 e. The van der Waals surface area contributed by atoms with Crippen molar-refractivity contribution in [1.29, 1.82) is 0 Å². The number of benzene rings is 9. The summed E-state index contributed by atoms with van der Waals surface area (Å²) >= 11 is 3.48. The van der Waals surface area contributed by atoms with Crippen LogP contribution in [0.25, 0.3) is 78.5 Å². The molecule has 0 amide bonds. The topological polar surface area (TPSA) is 70.9 Å². The van der Waals surface area contributed by atoms with E-state index in [1.165, 1.54) is 42.6 Å². The van der Waals surface area contributed by atoms with Gasteiger partial charge in [0.2, 0.25) is 0 Å². The van der Waals surface area contributed by atoms with Crippen LogP contribution >= 0.6 is 15.9 Å². The fourth-order valence-corrected chi connectivity index (χ4v) is 18.1. The van der Waals surface area contributed by atoms with Gasteiger partial charge in [0.15, 0.2) is 0 Å². The summed E-state index contributed by atoms with van der Waals surface area (Å²) in [6.07, 6.45) is 10.3. The third-order valence-corrected chi connectivity index (χ3v) is 29.7. The van der Waals surface area contributed by atoms with Crippen LogP contribution in [0.3, 0.4) is 0 Å². The maximum atomic E-state index is 4.90. The molecule has 0 unspecified atom stereocenters. The molecule has 0 fully saturated rings. The fourth-order valence-electron chi connectivity index (χ4n) is 12.5. The van der Waals surface area contributed by atoms with Gasteiger partial charge in [-0.05, 0) is 150 Å². The minimum atomic E-state index is -1.44. The Morgan fingerprint density at radius 3 is 0.796 bits per heavy atom. The molecule has 0 radical (unpaired) electrons. The monoisotopic (exact) mass is 1740 g/mol. The van der Waals surface area contributed by atoms with Crippen molar-refractivity contribution in [2.75, 3.05) is 9.80 Å². The zero-order valence-corrected chi connectivity index (χ0v) is 73.6. The van der Waals surface area contributed by atoms with Gasteiger partial charge in [-0.2, -0.15) is 0 Å². The van der Waals surface area contributed by atoms with Crippen molar-refractivity contribution in [3.8, 4) is 78.5 Å². The Balaban J connectivity index is 0.000000176. The van der Waals surface area contributed by atoms with Gasteiger partial charge in [-0.15, -0.1) is 59.7 Å². The first kappa shape index (κ1) is 79.6. The van der Waals surface area contributed by atoms with Crippen molar-refractivity contribution >= 4 is 116 Å². The quantitative estimate of drug-likeness (QED) is 0.0626. The first-order valence-corrected chi connectivity index (χ1v) is 55.1. The average molecular weight is 1740 g/mol. The van der Waals surface area contributed by atoms with Crippen LogP contribution in [0.15, 0.2) is 315 Å². The standard InChI is InChI=1S/C40H41N3Si2.C40H39N3Si2.C14H16BrNSi.Pt/c2*1-44(2,3)37-21-23-39(41-28-37)32-16-11-19-35(26-32)43(34-18-10-15-31(25-34)30-13-8-7-9-14-30)36-20-12-17-33(27-36)40-24-22-38(29-42-40)45(4,5)6;1-17(2,3)13-7-8-14(16-10-13)11-5-4-6-12(15)9-11;/h7-29H,1-6H3;7-25,28-29H,1-6H3;4-10H,1-3H3;/q;-2;;+2. The number of pyridine rings is 5. The molecule has 7 nitrogen and oxygen atoms in total. The molecule has 0 N–H and O–H groups in total. The number of hydrogen-bond donors (Lipinski definition) is 0. The van der Waals surface area contributed by atoms with Crippen LogP contribution in [-0.4, -0.2) is 65.3 Å². The molecule has 0 atom stereocenters. The van der Waals surface area contributed by atoms with E-state index in [0.29, 0.717) is 0 Å². The van der Waals surface area contributed by atoms with Gasteiger partial charge in [-0.3, -0.25) is 15.0 Å². The molecule has 0 aliphatic rings. The van der Waals surface area contributed by atoms with E-state index in [2.05, 4.69) is 420 Å². The second-order valence-electron chi connectivity index (χ2n) is 32.4. The summed E-state index contributed by atoms with van der Waals surface area (Å²) in [6, 6.07) is 106. The molecule has 0 spiro atoms. The van der Waals surface area contributed by atoms with E-state index >= 15 is 0 Å². The molecule has 14 rings (SSSR count). The summed E-state index contributed by atoms with van der Waals surface area (Å²) in [5, 5.41) is 6.82.